The van der Waals surface area contributed by atoms with Crippen LogP contribution in [0.25, 0.3) is 0 Å². The number of carbonyl (C=O) groups is 2. The molecule has 0 unspecified atom stereocenters. The molecule has 1 aromatic heterocycles. The molecule has 0 atom stereocenters. The fourth-order valence-corrected chi connectivity index (χ4v) is 5.81. The standard InChI is InChI=1S/C20H26N2O3.ClH/c23-18(22-4-5-25-19(24)17-2-1-3-21-13-17)12-20-9-14-6-15(10-20)8-16(7-14)11-20;/h1-3,13-16H,4-12H2,(H,22,23);1H. The van der Waals surface area contributed by atoms with Crippen molar-refractivity contribution in [2.75, 3.05) is 13.2 Å². The third-order valence-electron chi connectivity index (χ3n) is 6.26. The van der Waals surface area contributed by atoms with Crippen molar-refractivity contribution >= 4 is 24.3 Å². The van der Waals surface area contributed by atoms with Gasteiger partial charge in [0.15, 0.2) is 0 Å². The van der Waals surface area contributed by atoms with Crippen molar-refractivity contribution in [1.82, 2.24) is 10.3 Å². The summed E-state index contributed by atoms with van der Waals surface area (Å²) < 4.78 is 5.18. The average Bonchev–Trinajstić information content (AvgIpc) is 2.57. The lowest BCUT2D eigenvalue weighted by atomic mass is 9.49. The molecule has 4 saturated carbocycles. The Bertz CT molecular complexity index is 614. The third-order valence-corrected chi connectivity index (χ3v) is 6.26. The van der Waals surface area contributed by atoms with Gasteiger partial charge in [-0.25, -0.2) is 4.79 Å². The van der Waals surface area contributed by atoms with Gasteiger partial charge in [-0.05, 0) is 73.8 Å². The van der Waals surface area contributed by atoms with Crippen LogP contribution in [0.1, 0.15) is 55.3 Å². The minimum Gasteiger partial charge on any atom is -0.460 e. The largest absolute Gasteiger partial charge is 0.460 e. The Kier molecular flexibility index (Phi) is 5.86. The third kappa shape index (κ3) is 4.20. The molecule has 0 spiro atoms. The molecule has 5 rings (SSSR count). The summed E-state index contributed by atoms with van der Waals surface area (Å²) >= 11 is 0. The van der Waals surface area contributed by atoms with E-state index in [0.717, 1.165) is 17.8 Å². The summed E-state index contributed by atoms with van der Waals surface area (Å²) in [6.07, 6.45) is 11.6. The first-order chi connectivity index (χ1) is 12.1. The van der Waals surface area contributed by atoms with E-state index in [-0.39, 0.29) is 30.3 Å². The van der Waals surface area contributed by atoms with E-state index in [0.29, 0.717) is 18.5 Å². The zero-order chi connectivity index (χ0) is 17.3. The van der Waals surface area contributed by atoms with Gasteiger partial charge in [-0.3, -0.25) is 9.78 Å². The number of nitrogens with one attached hydrogen (secondary N) is 1. The van der Waals surface area contributed by atoms with Gasteiger partial charge in [-0.2, -0.15) is 0 Å². The van der Waals surface area contributed by atoms with E-state index in [1.165, 1.54) is 44.7 Å². The number of pyridine rings is 1. The number of esters is 1. The molecule has 4 aliphatic rings. The van der Waals surface area contributed by atoms with Crippen molar-refractivity contribution < 1.29 is 14.3 Å². The van der Waals surface area contributed by atoms with Crippen LogP contribution in [0.15, 0.2) is 24.5 Å². The van der Waals surface area contributed by atoms with E-state index in [2.05, 4.69) is 10.3 Å². The topological polar surface area (TPSA) is 68.3 Å². The molecule has 1 heterocycles. The summed E-state index contributed by atoms with van der Waals surface area (Å²) in [4.78, 5) is 28.1. The minimum absolute atomic E-state index is 0. The van der Waals surface area contributed by atoms with E-state index >= 15 is 0 Å². The highest BCUT2D eigenvalue weighted by molar-refractivity contribution is 5.88. The van der Waals surface area contributed by atoms with E-state index in [1.807, 2.05) is 0 Å². The molecule has 1 aromatic rings. The summed E-state index contributed by atoms with van der Waals surface area (Å²) in [6, 6.07) is 3.37. The molecule has 6 heteroatoms. The number of hydrogen-bond donors (Lipinski definition) is 1. The number of nitrogens with zero attached hydrogens (tertiary/aromatic N) is 1. The fourth-order valence-electron chi connectivity index (χ4n) is 5.81. The van der Waals surface area contributed by atoms with Crippen LogP contribution in [0.2, 0.25) is 0 Å². The van der Waals surface area contributed by atoms with Crippen molar-refractivity contribution in [3.05, 3.63) is 30.1 Å². The molecule has 26 heavy (non-hydrogen) atoms. The molecule has 0 aliphatic heterocycles. The number of hydrogen-bond acceptors (Lipinski definition) is 4. The average molecular weight is 379 g/mol. The minimum atomic E-state index is -0.400. The van der Waals surface area contributed by atoms with Gasteiger partial charge in [0.2, 0.25) is 5.91 Å². The summed E-state index contributed by atoms with van der Waals surface area (Å²) in [5.41, 5.74) is 0.688. The van der Waals surface area contributed by atoms with Crippen molar-refractivity contribution in [2.45, 2.75) is 44.9 Å². The van der Waals surface area contributed by atoms with Gasteiger partial charge in [0.25, 0.3) is 0 Å². The van der Waals surface area contributed by atoms with E-state index in [1.54, 1.807) is 18.3 Å². The van der Waals surface area contributed by atoms with Crippen molar-refractivity contribution in [1.29, 1.82) is 0 Å². The van der Waals surface area contributed by atoms with Crippen LogP contribution in [0.4, 0.5) is 0 Å². The van der Waals surface area contributed by atoms with Crippen LogP contribution in [0, 0.1) is 23.2 Å². The Labute approximate surface area is 160 Å². The Morgan fingerprint density at radius 3 is 2.38 bits per heavy atom. The predicted molar refractivity (Wildman–Crippen MR) is 100.0 cm³/mol. The molecule has 4 bridgehead atoms. The lowest BCUT2D eigenvalue weighted by Gasteiger charge is -2.56. The Balaban J connectivity index is 0.00000196. The highest BCUT2D eigenvalue weighted by Crippen LogP contribution is 2.61. The van der Waals surface area contributed by atoms with Gasteiger partial charge in [-0.1, -0.05) is 0 Å². The molecule has 0 radical (unpaired) electrons. The van der Waals surface area contributed by atoms with E-state index in [9.17, 15) is 9.59 Å². The van der Waals surface area contributed by atoms with Crippen LogP contribution in [-0.2, 0) is 9.53 Å². The highest BCUT2D eigenvalue weighted by Gasteiger charge is 2.51. The second-order valence-corrected chi connectivity index (χ2v) is 8.32. The summed E-state index contributed by atoms with van der Waals surface area (Å²) in [6.45, 7) is 0.567. The first-order valence-electron chi connectivity index (χ1n) is 9.46. The lowest BCUT2D eigenvalue weighted by molar-refractivity contribution is -0.129. The number of halogens is 1. The van der Waals surface area contributed by atoms with Crippen molar-refractivity contribution in [3.63, 3.8) is 0 Å². The number of carbonyl (C=O) groups excluding carboxylic acids is 2. The number of ether oxygens (including phenoxy) is 1. The smallest absolute Gasteiger partial charge is 0.339 e. The van der Waals surface area contributed by atoms with Crippen LogP contribution in [0.3, 0.4) is 0 Å². The van der Waals surface area contributed by atoms with E-state index < -0.39 is 5.97 Å². The van der Waals surface area contributed by atoms with Crippen LogP contribution in [0.5, 0.6) is 0 Å². The Hall–Kier alpha value is -1.62. The Morgan fingerprint density at radius 1 is 1.15 bits per heavy atom. The summed E-state index contributed by atoms with van der Waals surface area (Å²) in [7, 11) is 0. The molecule has 0 aromatic carbocycles. The highest BCUT2D eigenvalue weighted by atomic mass is 35.5. The number of aromatic nitrogens is 1. The SMILES string of the molecule is Cl.O=C(CC12CC3CC(CC(C3)C1)C2)NCCOC(=O)c1cccnc1. The predicted octanol–water partition coefficient (Wildman–Crippen LogP) is 3.38. The fraction of sp³-hybridized carbons (Fsp3) is 0.650. The lowest BCUT2D eigenvalue weighted by Crippen LogP contribution is -2.48. The quantitative estimate of drug-likeness (QED) is 0.608. The van der Waals surface area contributed by atoms with Gasteiger partial charge in [0, 0.05) is 18.8 Å². The van der Waals surface area contributed by atoms with Gasteiger partial charge in [0.05, 0.1) is 12.1 Å². The van der Waals surface area contributed by atoms with Gasteiger partial charge in [-0.15, -0.1) is 12.4 Å². The van der Waals surface area contributed by atoms with Crippen molar-refractivity contribution in [2.24, 2.45) is 23.2 Å². The van der Waals surface area contributed by atoms with Gasteiger partial charge in [0.1, 0.15) is 6.61 Å². The maximum atomic E-state index is 12.4. The second kappa shape index (κ2) is 7.95. The molecule has 1 amide bonds. The van der Waals surface area contributed by atoms with Gasteiger partial charge >= 0.3 is 5.97 Å². The number of amides is 1. The van der Waals surface area contributed by atoms with Crippen molar-refractivity contribution in [3.8, 4) is 0 Å². The zero-order valence-corrected chi connectivity index (χ0v) is 15.8. The van der Waals surface area contributed by atoms with Crippen LogP contribution >= 0.6 is 12.4 Å². The first-order valence-corrected chi connectivity index (χ1v) is 9.46. The first kappa shape index (κ1) is 19.2. The van der Waals surface area contributed by atoms with Crippen LogP contribution < -0.4 is 5.32 Å². The maximum absolute atomic E-state index is 12.4. The molecular formula is C20H27ClN2O3. The van der Waals surface area contributed by atoms with E-state index in [4.69, 9.17) is 4.74 Å². The normalized spacial score (nSPS) is 31.2. The Morgan fingerprint density at radius 2 is 1.81 bits per heavy atom. The monoisotopic (exact) mass is 378 g/mol. The van der Waals surface area contributed by atoms with Gasteiger partial charge < -0.3 is 10.1 Å². The second-order valence-electron chi connectivity index (χ2n) is 8.32. The molecule has 0 saturated heterocycles. The molecule has 4 aliphatic carbocycles. The summed E-state index contributed by atoms with van der Waals surface area (Å²) in [5, 5.41) is 2.93. The zero-order valence-electron chi connectivity index (χ0n) is 15.0. The van der Waals surface area contributed by atoms with Crippen LogP contribution in [-0.4, -0.2) is 30.0 Å². The molecule has 4 fully saturated rings. The summed E-state index contributed by atoms with van der Waals surface area (Å²) in [5.74, 6) is 2.29. The maximum Gasteiger partial charge on any atom is 0.339 e. The molecule has 1 N–H and O–H groups in total. The molecule has 5 nitrogen and oxygen atoms in total. The molecule has 142 valence electrons. The number of rotatable bonds is 6. The molecular weight excluding hydrogens is 352 g/mol.